The summed E-state index contributed by atoms with van der Waals surface area (Å²) in [7, 11) is 0. The number of benzene rings is 2. The maximum atomic E-state index is 5.01. The predicted molar refractivity (Wildman–Crippen MR) is 153 cm³/mol. The topological polar surface area (TPSA) is 33.4 Å². The molecule has 0 atom stereocenters. The van der Waals surface area contributed by atoms with Gasteiger partial charge in [0, 0.05) is 22.9 Å². The first kappa shape index (κ1) is 23.0. The molecule has 0 amide bonds. The van der Waals surface area contributed by atoms with Crippen LogP contribution in [-0.2, 0) is 6.42 Å². The van der Waals surface area contributed by atoms with E-state index in [-0.39, 0.29) is 0 Å². The number of aromatic nitrogens is 2. The van der Waals surface area contributed by atoms with Crippen molar-refractivity contribution in [3.05, 3.63) is 95.8 Å². The molecule has 0 saturated heterocycles. The van der Waals surface area contributed by atoms with Crippen LogP contribution in [-0.4, -0.2) is 15.5 Å². The number of fused-ring (bicyclic) bond motifs is 1. The van der Waals surface area contributed by atoms with Crippen molar-refractivity contribution in [2.75, 3.05) is 5.01 Å². The van der Waals surface area contributed by atoms with Gasteiger partial charge in [-0.05, 0) is 67.7 Å². The number of thiophene rings is 1. The summed E-state index contributed by atoms with van der Waals surface area (Å²) in [6, 6.07) is 22.2. The van der Waals surface area contributed by atoms with Gasteiger partial charge in [-0.3, -0.25) is 4.68 Å². The second-order valence-corrected chi connectivity index (χ2v) is 11.0. The normalized spacial score (nSPS) is 16.8. The maximum absolute atomic E-state index is 5.01. The molecule has 2 aliphatic rings. The van der Waals surface area contributed by atoms with Crippen molar-refractivity contribution in [1.29, 1.82) is 0 Å². The lowest BCUT2D eigenvalue weighted by molar-refractivity contribution is 0.337. The zero-order valence-electron chi connectivity index (χ0n) is 21.0. The molecule has 6 rings (SSSR count). The smallest absolute Gasteiger partial charge is 0.122 e. The molecule has 1 aliphatic heterocycles. The van der Waals surface area contributed by atoms with E-state index in [9.17, 15) is 0 Å². The number of hydrogen-bond acceptors (Lipinski definition) is 4. The number of aryl methyl sites for hydroxylation is 1. The van der Waals surface area contributed by atoms with Crippen LogP contribution in [0.5, 0.6) is 0 Å². The van der Waals surface area contributed by atoms with Gasteiger partial charge in [-0.1, -0.05) is 67.8 Å². The first-order valence-corrected chi connectivity index (χ1v) is 13.8. The first-order chi connectivity index (χ1) is 17.7. The third-order valence-corrected chi connectivity index (χ3v) is 8.55. The third kappa shape index (κ3) is 4.56. The molecule has 0 N–H and O–H groups in total. The highest BCUT2D eigenvalue weighted by Crippen LogP contribution is 2.39. The third-order valence-electron chi connectivity index (χ3n) is 7.38. The van der Waals surface area contributed by atoms with Crippen LogP contribution in [0.2, 0.25) is 0 Å². The van der Waals surface area contributed by atoms with Crippen molar-refractivity contribution in [2.24, 2.45) is 5.10 Å². The Labute approximate surface area is 217 Å². The fourth-order valence-corrected chi connectivity index (χ4v) is 6.52. The molecular weight excluding hydrogens is 460 g/mol. The van der Waals surface area contributed by atoms with Gasteiger partial charge in [-0.25, -0.2) is 5.01 Å². The lowest BCUT2D eigenvalue weighted by Gasteiger charge is -2.22. The molecular formula is C31H32N4S. The summed E-state index contributed by atoms with van der Waals surface area (Å²) in [6.45, 7) is 4.28. The van der Waals surface area contributed by atoms with E-state index < -0.39 is 0 Å². The lowest BCUT2D eigenvalue weighted by atomic mass is 9.96. The molecule has 0 spiro atoms. The molecule has 0 bridgehead atoms. The largest absolute Gasteiger partial charge is 0.251 e. The Hall–Kier alpha value is -3.44. The molecule has 1 saturated carbocycles. The van der Waals surface area contributed by atoms with E-state index >= 15 is 0 Å². The molecule has 0 radical (unpaired) electrons. The fraction of sp³-hybridized carbons (Fsp3) is 0.290. The molecule has 4 nitrogen and oxygen atoms in total. The van der Waals surface area contributed by atoms with Crippen LogP contribution in [0.1, 0.15) is 56.3 Å². The summed E-state index contributed by atoms with van der Waals surface area (Å²) in [5.41, 5.74) is 7.01. The van der Waals surface area contributed by atoms with E-state index in [2.05, 4.69) is 91.3 Å². The van der Waals surface area contributed by atoms with Crippen LogP contribution in [0.25, 0.3) is 20.7 Å². The molecule has 3 heterocycles. The van der Waals surface area contributed by atoms with Crippen LogP contribution >= 0.6 is 11.3 Å². The van der Waals surface area contributed by atoms with E-state index in [4.69, 9.17) is 10.2 Å². The summed E-state index contributed by atoms with van der Waals surface area (Å²) >= 11 is 1.88. The fourth-order valence-electron chi connectivity index (χ4n) is 5.28. The Morgan fingerprint density at radius 1 is 0.944 bits per heavy atom. The van der Waals surface area contributed by atoms with Crippen molar-refractivity contribution in [3.63, 3.8) is 0 Å². The molecule has 36 heavy (non-hydrogen) atoms. The number of allylic oxidation sites excluding steroid dienone is 3. The average molecular weight is 493 g/mol. The monoisotopic (exact) mass is 492 g/mol. The van der Waals surface area contributed by atoms with Crippen molar-refractivity contribution < 1.29 is 0 Å². The maximum Gasteiger partial charge on any atom is 0.122 e. The van der Waals surface area contributed by atoms with Crippen LogP contribution < -0.4 is 5.01 Å². The van der Waals surface area contributed by atoms with Gasteiger partial charge in [0.1, 0.15) is 4.83 Å². The molecule has 182 valence electrons. The first-order valence-electron chi connectivity index (χ1n) is 13.0. The lowest BCUT2D eigenvalue weighted by Crippen LogP contribution is -2.13. The van der Waals surface area contributed by atoms with Crippen molar-refractivity contribution in [1.82, 2.24) is 9.78 Å². The van der Waals surface area contributed by atoms with Gasteiger partial charge in [0.15, 0.2) is 0 Å². The Morgan fingerprint density at radius 3 is 2.50 bits per heavy atom. The number of hydrazone groups is 1. The van der Waals surface area contributed by atoms with Gasteiger partial charge in [0.25, 0.3) is 0 Å². The Morgan fingerprint density at radius 2 is 1.72 bits per heavy atom. The predicted octanol–water partition coefficient (Wildman–Crippen LogP) is 8.46. The van der Waals surface area contributed by atoms with E-state index in [1.807, 2.05) is 22.5 Å². The van der Waals surface area contributed by atoms with E-state index in [1.165, 1.54) is 63.9 Å². The summed E-state index contributed by atoms with van der Waals surface area (Å²) in [5, 5.41) is 13.2. The zero-order chi connectivity index (χ0) is 24.5. The number of nitrogens with zero attached hydrogens (tertiary/aromatic N) is 4. The highest BCUT2D eigenvalue weighted by atomic mass is 32.1. The molecule has 2 aromatic carbocycles. The summed E-state index contributed by atoms with van der Waals surface area (Å²) < 4.78 is 2.33. The van der Waals surface area contributed by atoms with E-state index in [1.54, 1.807) is 0 Å². The van der Waals surface area contributed by atoms with E-state index in [0.29, 0.717) is 6.04 Å². The van der Waals surface area contributed by atoms with Gasteiger partial charge in [0.05, 0.1) is 23.1 Å². The number of rotatable bonds is 5. The molecule has 1 fully saturated rings. The van der Waals surface area contributed by atoms with Crippen molar-refractivity contribution in [3.8, 4) is 10.4 Å². The SMILES string of the molecule is CC1=CC=CN(c2ccc(-c3cc4c(C)nn(C5CCCCC5)c4s3)cc2)N=C1Cc1ccccc1. The minimum Gasteiger partial charge on any atom is -0.251 e. The van der Waals surface area contributed by atoms with E-state index in [0.717, 1.165) is 23.5 Å². The second-order valence-electron chi connectivity index (χ2n) is 9.94. The van der Waals surface area contributed by atoms with Crippen molar-refractivity contribution >= 4 is 33.0 Å². The zero-order valence-corrected chi connectivity index (χ0v) is 21.8. The summed E-state index contributed by atoms with van der Waals surface area (Å²) in [5.74, 6) is 0. The highest BCUT2D eigenvalue weighted by Gasteiger charge is 2.21. The van der Waals surface area contributed by atoms with Crippen LogP contribution in [0.4, 0.5) is 5.69 Å². The number of anilines is 1. The minimum atomic E-state index is 0.554. The Balaban J connectivity index is 1.27. The average Bonchev–Trinajstić information content (AvgIpc) is 3.43. The van der Waals surface area contributed by atoms with Crippen LogP contribution in [0.15, 0.2) is 89.7 Å². The molecule has 0 unspecified atom stereocenters. The van der Waals surface area contributed by atoms with Crippen molar-refractivity contribution in [2.45, 2.75) is 58.4 Å². The number of hydrogen-bond donors (Lipinski definition) is 0. The van der Waals surface area contributed by atoms with Gasteiger partial charge in [0.2, 0.25) is 0 Å². The Bertz CT molecular complexity index is 1450. The molecule has 4 aromatic rings. The van der Waals surface area contributed by atoms with Gasteiger partial charge < -0.3 is 0 Å². The Kier molecular flexibility index (Phi) is 6.32. The molecule has 5 heteroatoms. The van der Waals surface area contributed by atoms with Gasteiger partial charge in [-0.2, -0.15) is 10.2 Å². The highest BCUT2D eigenvalue weighted by molar-refractivity contribution is 7.22. The van der Waals surface area contributed by atoms with Crippen LogP contribution in [0, 0.1) is 6.92 Å². The summed E-state index contributed by atoms with van der Waals surface area (Å²) in [6.07, 6.45) is 13.6. The standard InChI is InChI=1S/C31H32N4S/c1-22-10-9-19-34(33-29(22)20-24-11-5-3-6-12-24)26-17-15-25(16-18-26)30-21-28-23(2)32-35(31(28)36-30)27-13-7-4-8-14-27/h3,5-6,9-12,15-19,21,27H,4,7-8,13-14,20H2,1-2H3. The van der Waals surface area contributed by atoms with Gasteiger partial charge in [-0.15, -0.1) is 11.3 Å². The molecule has 1 aliphatic carbocycles. The van der Waals surface area contributed by atoms with Crippen LogP contribution in [0.3, 0.4) is 0 Å². The van der Waals surface area contributed by atoms with Gasteiger partial charge >= 0.3 is 0 Å². The minimum absolute atomic E-state index is 0.554. The summed E-state index contributed by atoms with van der Waals surface area (Å²) in [4.78, 5) is 2.63. The quantitative estimate of drug-likeness (QED) is 0.280. The molecule has 2 aromatic heterocycles. The second kappa shape index (κ2) is 9.90.